The molecule has 0 saturated carbocycles. The number of ether oxygens (including phenoxy) is 1. The first-order valence-electron chi connectivity index (χ1n) is 10.9. The first-order valence-corrected chi connectivity index (χ1v) is 10.9. The number of fused-ring (bicyclic) bond motifs is 4. The minimum absolute atomic E-state index is 0.163. The van der Waals surface area contributed by atoms with Crippen LogP contribution in [-0.2, 0) is 11.2 Å². The standard InChI is InChI=1S/C28H25NO3/c1-4-31-26-15-27-25(18(3)16-32-27)14-24(26)17(2)11-28(30)29-21-9-10-23-20(13-21)12-19-7-5-6-8-22(19)23/h5-11,13-16H,4,12H2,1-3H3,(H,29,30)/b17-11+. The van der Waals surface area contributed by atoms with E-state index in [1.54, 1.807) is 12.3 Å². The third-order valence-electron chi connectivity index (χ3n) is 6.00. The van der Waals surface area contributed by atoms with Gasteiger partial charge in [-0.15, -0.1) is 0 Å². The van der Waals surface area contributed by atoms with Crippen molar-refractivity contribution in [2.24, 2.45) is 0 Å². The van der Waals surface area contributed by atoms with Gasteiger partial charge >= 0.3 is 0 Å². The van der Waals surface area contributed by atoms with Crippen molar-refractivity contribution in [3.63, 3.8) is 0 Å². The molecular formula is C28H25NO3. The lowest BCUT2D eigenvalue weighted by molar-refractivity contribution is -0.111. The lowest BCUT2D eigenvalue weighted by Crippen LogP contribution is -2.09. The van der Waals surface area contributed by atoms with Crippen molar-refractivity contribution >= 4 is 28.1 Å². The summed E-state index contributed by atoms with van der Waals surface area (Å²) in [6.45, 7) is 6.42. The Kier molecular flexibility index (Phi) is 5.06. The summed E-state index contributed by atoms with van der Waals surface area (Å²) in [6.07, 6.45) is 4.26. The molecule has 4 heteroatoms. The Bertz CT molecular complexity index is 1380. The van der Waals surface area contributed by atoms with Crippen molar-refractivity contribution in [3.8, 4) is 16.9 Å². The van der Waals surface area contributed by atoms with Crippen molar-refractivity contribution < 1.29 is 13.9 Å². The first-order chi connectivity index (χ1) is 15.5. The van der Waals surface area contributed by atoms with E-state index in [1.165, 1.54) is 22.3 Å². The maximum Gasteiger partial charge on any atom is 0.248 e. The van der Waals surface area contributed by atoms with Crippen molar-refractivity contribution in [2.45, 2.75) is 27.2 Å². The summed E-state index contributed by atoms with van der Waals surface area (Å²) in [5.74, 6) is 0.551. The number of nitrogens with one attached hydrogen (secondary N) is 1. The fraction of sp³-hybridized carbons (Fsp3) is 0.179. The van der Waals surface area contributed by atoms with Crippen LogP contribution in [0.1, 0.15) is 36.1 Å². The van der Waals surface area contributed by atoms with Gasteiger partial charge in [0.25, 0.3) is 0 Å². The van der Waals surface area contributed by atoms with Gasteiger partial charge in [0.15, 0.2) is 0 Å². The molecule has 4 nitrogen and oxygen atoms in total. The van der Waals surface area contributed by atoms with Crippen LogP contribution in [-0.4, -0.2) is 12.5 Å². The predicted molar refractivity (Wildman–Crippen MR) is 129 cm³/mol. The van der Waals surface area contributed by atoms with E-state index in [4.69, 9.17) is 9.15 Å². The normalized spacial score (nSPS) is 12.5. The Morgan fingerprint density at radius 3 is 2.75 bits per heavy atom. The second-order valence-electron chi connectivity index (χ2n) is 8.22. The zero-order valence-corrected chi connectivity index (χ0v) is 18.5. The Balaban J connectivity index is 1.40. The average Bonchev–Trinajstić information content (AvgIpc) is 3.32. The largest absolute Gasteiger partial charge is 0.493 e. The van der Waals surface area contributed by atoms with E-state index in [0.29, 0.717) is 12.4 Å². The van der Waals surface area contributed by atoms with Gasteiger partial charge in [0.05, 0.1) is 12.9 Å². The lowest BCUT2D eigenvalue weighted by Gasteiger charge is -2.12. The summed E-state index contributed by atoms with van der Waals surface area (Å²) >= 11 is 0. The molecule has 0 aliphatic heterocycles. The molecule has 3 aromatic carbocycles. The minimum Gasteiger partial charge on any atom is -0.493 e. The number of furan rings is 1. The van der Waals surface area contributed by atoms with E-state index in [2.05, 4.69) is 41.7 Å². The number of anilines is 1. The highest BCUT2D eigenvalue weighted by Crippen LogP contribution is 2.38. The van der Waals surface area contributed by atoms with Crippen LogP contribution in [0.4, 0.5) is 5.69 Å². The molecule has 160 valence electrons. The van der Waals surface area contributed by atoms with Crippen LogP contribution in [0.2, 0.25) is 0 Å². The highest BCUT2D eigenvalue weighted by Gasteiger charge is 2.18. The molecule has 0 radical (unpaired) electrons. The molecule has 0 atom stereocenters. The monoisotopic (exact) mass is 423 g/mol. The highest BCUT2D eigenvalue weighted by atomic mass is 16.5. The summed E-state index contributed by atoms with van der Waals surface area (Å²) in [5, 5.41) is 4.04. The molecule has 1 aromatic heterocycles. The fourth-order valence-corrected chi connectivity index (χ4v) is 4.44. The number of benzene rings is 3. The van der Waals surface area contributed by atoms with Gasteiger partial charge in [-0.05, 0) is 78.8 Å². The van der Waals surface area contributed by atoms with Gasteiger partial charge in [0.2, 0.25) is 5.91 Å². The van der Waals surface area contributed by atoms with Crippen LogP contribution >= 0.6 is 0 Å². The molecule has 1 aliphatic carbocycles. The number of carbonyl (C=O) groups is 1. The molecule has 0 fully saturated rings. The van der Waals surface area contributed by atoms with Crippen LogP contribution < -0.4 is 10.1 Å². The Morgan fingerprint density at radius 2 is 1.91 bits per heavy atom. The van der Waals surface area contributed by atoms with Gasteiger partial charge in [0.1, 0.15) is 11.3 Å². The maximum atomic E-state index is 12.8. The van der Waals surface area contributed by atoms with E-state index < -0.39 is 0 Å². The minimum atomic E-state index is -0.163. The summed E-state index contributed by atoms with van der Waals surface area (Å²) in [4.78, 5) is 12.8. The van der Waals surface area contributed by atoms with Crippen molar-refractivity contribution in [1.29, 1.82) is 0 Å². The van der Waals surface area contributed by atoms with E-state index in [1.807, 2.05) is 39.0 Å². The molecule has 0 saturated heterocycles. The molecule has 5 rings (SSSR count). The molecule has 0 spiro atoms. The Hall–Kier alpha value is -3.79. The third-order valence-corrected chi connectivity index (χ3v) is 6.00. The number of rotatable bonds is 5. The Labute approximate surface area is 187 Å². The molecule has 1 aliphatic rings. The van der Waals surface area contributed by atoms with Crippen molar-refractivity contribution in [2.75, 3.05) is 11.9 Å². The Morgan fingerprint density at radius 1 is 1.09 bits per heavy atom. The number of amides is 1. The number of hydrogen-bond acceptors (Lipinski definition) is 3. The van der Waals surface area contributed by atoms with Crippen LogP contribution in [0.3, 0.4) is 0 Å². The van der Waals surface area contributed by atoms with E-state index in [0.717, 1.165) is 39.8 Å². The van der Waals surface area contributed by atoms with Crippen molar-refractivity contribution in [1.82, 2.24) is 0 Å². The first kappa shape index (κ1) is 20.1. The van der Waals surface area contributed by atoms with Gasteiger partial charge in [-0.25, -0.2) is 0 Å². The zero-order chi connectivity index (χ0) is 22.2. The van der Waals surface area contributed by atoms with Crippen LogP contribution in [0.25, 0.3) is 27.7 Å². The number of aryl methyl sites for hydroxylation is 1. The lowest BCUT2D eigenvalue weighted by atomic mass is 10.0. The molecule has 0 unspecified atom stereocenters. The molecule has 32 heavy (non-hydrogen) atoms. The van der Waals surface area contributed by atoms with Crippen LogP contribution in [0.15, 0.2) is 71.4 Å². The number of allylic oxidation sites excluding steroid dienone is 1. The molecule has 1 N–H and O–H groups in total. The fourth-order valence-electron chi connectivity index (χ4n) is 4.44. The van der Waals surface area contributed by atoms with Gasteiger partial charge in [0, 0.05) is 28.8 Å². The van der Waals surface area contributed by atoms with Crippen LogP contribution in [0, 0.1) is 6.92 Å². The number of hydrogen-bond donors (Lipinski definition) is 1. The molecule has 0 bridgehead atoms. The second kappa shape index (κ2) is 8.04. The van der Waals surface area contributed by atoms with Crippen LogP contribution in [0.5, 0.6) is 5.75 Å². The molecular weight excluding hydrogens is 398 g/mol. The summed E-state index contributed by atoms with van der Waals surface area (Å²) < 4.78 is 11.4. The van der Waals surface area contributed by atoms with E-state index >= 15 is 0 Å². The molecule has 1 heterocycles. The predicted octanol–water partition coefficient (Wildman–Crippen LogP) is 6.75. The molecule has 1 amide bonds. The summed E-state index contributed by atoms with van der Waals surface area (Å²) in [6, 6.07) is 18.5. The number of carbonyl (C=O) groups excluding carboxylic acids is 1. The van der Waals surface area contributed by atoms with Gasteiger partial charge < -0.3 is 14.5 Å². The maximum absolute atomic E-state index is 12.8. The van der Waals surface area contributed by atoms with Crippen molar-refractivity contribution in [3.05, 3.63) is 89.2 Å². The SMILES string of the molecule is CCOc1cc2occ(C)c2cc1/C(C)=C/C(=O)Nc1ccc2c(c1)Cc1ccccc1-2. The average molecular weight is 424 g/mol. The molecule has 4 aromatic rings. The zero-order valence-electron chi connectivity index (χ0n) is 18.5. The third kappa shape index (κ3) is 3.58. The van der Waals surface area contributed by atoms with Gasteiger partial charge in [-0.3, -0.25) is 4.79 Å². The topological polar surface area (TPSA) is 51.5 Å². The quantitative estimate of drug-likeness (QED) is 0.318. The van der Waals surface area contributed by atoms with E-state index in [9.17, 15) is 4.79 Å². The van der Waals surface area contributed by atoms with Gasteiger partial charge in [-0.1, -0.05) is 30.3 Å². The smallest absolute Gasteiger partial charge is 0.248 e. The van der Waals surface area contributed by atoms with E-state index in [-0.39, 0.29) is 5.91 Å². The highest BCUT2D eigenvalue weighted by molar-refractivity contribution is 6.05. The van der Waals surface area contributed by atoms with Gasteiger partial charge in [-0.2, -0.15) is 0 Å². The second-order valence-corrected chi connectivity index (χ2v) is 8.22. The summed E-state index contributed by atoms with van der Waals surface area (Å²) in [7, 11) is 0. The summed E-state index contributed by atoms with van der Waals surface area (Å²) in [5.41, 5.74) is 9.47.